The molecule has 0 saturated carbocycles. The predicted octanol–water partition coefficient (Wildman–Crippen LogP) is 4.25. The van der Waals surface area contributed by atoms with Gasteiger partial charge in [-0.15, -0.1) is 0 Å². The van der Waals surface area contributed by atoms with E-state index in [1.807, 2.05) is 0 Å². The molecule has 0 unspecified atom stereocenters. The van der Waals surface area contributed by atoms with Gasteiger partial charge in [0.15, 0.2) is 0 Å². The van der Waals surface area contributed by atoms with E-state index >= 15 is 0 Å². The van der Waals surface area contributed by atoms with E-state index in [4.69, 9.17) is 5.73 Å². The molecule has 0 saturated heterocycles. The molecular weight excluding hydrogens is 410 g/mol. The Morgan fingerprint density at radius 3 is 2.33 bits per heavy atom. The monoisotopic (exact) mass is 418 g/mol. The average Bonchev–Trinajstić information content (AvgIpc) is 2.37. The summed E-state index contributed by atoms with van der Waals surface area (Å²) in [6.07, 6.45) is -0.199. The first kappa shape index (κ1) is 15.9. The Balaban J connectivity index is 2.16. The van der Waals surface area contributed by atoms with Crippen LogP contribution in [0.2, 0.25) is 0 Å². The fraction of sp³-hybridized carbons (Fsp3) is 0.0714. The van der Waals surface area contributed by atoms with Crippen LogP contribution < -0.4 is 11.1 Å². The second-order valence-corrected chi connectivity index (χ2v) is 6.03. The smallest absolute Gasteiger partial charge is 0.228 e. The number of amides is 1. The van der Waals surface area contributed by atoms with Gasteiger partial charge in [-0.3, -0.25) is 4.79 Å². The van der Waals surface area contributed by atoms with Gasteiger partial charge in [0.2, 0.25) is 5.91 Å². The molecule has 0 aliphatic heterocycles. The van der Waals surface area contributed by atoms with E-state index in [-0.39, 0.29) is 12.0 Å². The number of carbonyl (C=O) groups excluding carboxylic acids is 1. The average molecular weight is 420 g/mol. The summed E-state index contributed by atoms with van der Waals surface area (Å²) in [6.45, 7) is 0. The van der Waals surface area contributed by atoms with E-state index in [0.717, 1.165) is 12.1 Å². The molecule has 2 aromatic rings. The maximum Gasteiger partial charge on any atom is 0.228 e. The molecule has 0 aromatic heterocycles. The van der Waals surface area contributed by atoms with Crippen LogP contribution in [0.1, 0.15) is 5.56 Å². The molecule has 0 spiro atoms. The maximum absolute atomic E-state index is 13.5. The van der Waals surface area contributed by atoms with E-state index in [2.05, 4.69) is 37.2 Å². The number of carbonyl (C=O) groups is 1. The van der Waals surface area contributed by atoms with Gasteiger partial charge in [0, 0.05) is 20.7 Å². The minimum absolute atomic E-state index is 0.122. The lowest BCUT2D eigenvalue weighted by Gasteiger charge is -2.11. The number of halogens is 4. The van der Waals surface area contributed by atoms with Crippen molar-refractivity contribution in [2.24, 2.45) is 0 Å². The number of benzene rings is 2. The van der Waals surface area contributed by atoms with Gasteiger partial charge in [-0.05, 0) is 55.6 Å². The number of hydrogen-bond acceptors (Lipinski definition) is 2. The Labute approximate surface area is 136 Å². The molecule has 110 valence electrons. The van der Waals surface area contributed by atoms with Crippen molar-refractivity contribution in [2.75, 3.05) is 11.1 Å². The highest BCUT2D eigenvalue weighted by Crippen LogP contribution is 2.33. The summed E-state index contributed by atoms with van der Waals surface area (Å²) in [6, 6.07) is 6.38. The van der Waals surface area contributed by atoms with Crippen molar-refractivity contribution in [3.63, 3.8) is 0 Å². The molecule has 2 aromatic carbocycles. The summed E-state index contributed by atoms with van der Waals surface area (Å²) in [5.41, 5.74) is 6.80. The molecule has 0 radical (unpaired) electrons. The van der Waals surface area contributed by atoms with E-state index in [9.17, 15) is 13.6 Å². The lowest BCUT2D eigenvalue weighted by atomic mass is 10.1. The zero-order valence-corrected chi connectivity index (χ0v) is 13.8. The lowest BCUT2D eigenvalue weighted by Crippen LogP contribution is -2.16. The number of hydrogen-bond donors (Lipinski definition) is 2. The first-order valence-electron chi connectivity index (χ1n) is 5.85. The van der Waals surface area contributed by atoms with Gasteiger partial charge >= 0.3 is 0 Å². The van der Waals surface area contributed by atoms with Gasteiger partial charge in [-0.25, -0.2) is 8.78 Å². The van der Waals surface area contributed by atoms with Crippen LogP contribution in [0.5, 0.6) is 0 Å². The number of rotatable bonds is 3. The van der Waals surface area contributed by atoms with Gasteiger partial charge in [0.25, 0.3) is 0 Å². The number of nitrogens with one attached hydrogen (secondary N) is 1. The third-order valence-corrected chi connectivity index (χ3v) is 3.95. The van der Waals surface area contributed by atoms with Gasteiger partial charge < -0.3 is 11.1 Å². The van der Waals surface area contributed by atoms with Crippen molar-refractivity contribution in [3.8, 4) is 0 Å². The molecule has 2 rings (SSSR count). The van der Waals surface area contributed by atoms with Crippen LogP contribution in [0.4, 0.5) is 20.2 Å². The summed E-state index contributed by atoms with van der Waals surface area (Å²) < 4.78 is 27.5. The van der Waals surface area contributed by atoms with Gasteiger partial charge in [-0.2, -0.15) is 0 Å². The van der Waals surface area contributed by atoms with Crippen LogP contribution in [0.15, 0.2) is 39.3 Å². The van der Waals surface area contributed by atoms with Crippen molar-refractivity contribution in [1.29, 1.82) is 0 Å². The summed E-state index contributed by atoms with van der Waals surface area (Å²) >= 11 is 6.57. The summed E-state index contributed by atoms with van der Waals surface area (Å²) in [7, 11) is 0. The Morgan fingerprint density at radius 2 is 1.76 bits per heavy atom. The molecule has 0 fully saturated rings. The molecule has 0 heterocycles. The highest BCUT2D eigenvalue weighted by Gasteiger charge is 2.13. The van der Waals surface area contributed by atoms with Crippen LogP contribution in [0, 0.1) is 11.6 Å². The second kappa shape index (κ2) is 6.53. The van der Waals surface area contributed by atoms with Crippen LogP contribution in [0.3, 0.4) is 0 Å². The Bertz CT molecular complexity index is 684. The molecule has 0 bridgehead atoms. The molecular formula is C14H10Br2F2N2O. The van der Waals surface area contributed by atoms with Crippen LogP contribution >= 0.6 is 31.9 Å². The molecule has 3 N–H and O–H groups in total. The van der Waals surface area contributed by atoms with E-state index < -0.39 is 17.5 Å². The minimum Gasteiger partial charge on any atom is -0.399 e. The Kier molecular flexibility index (Phi) is 4.95. The SMILES string of the molecule is Nc1cc(Br)c(NC(=O)Cc2ccc(F)cc2F)c(Br)c1. The van der Waals surface area contributed by atoms with Crippen molar-refractivity contribution >= 4 is 49.1 Å². The molecule has 0 atom stereocenters. The summed E-state index contributed by atoms with van der Waals surface area (Å²) in [4.78, 5) is 12.0. The van der Waals surface area contributed by atoms with Crippen LogP contribution in [0.25, 0.3) is 0 Å². The molecule has 3 nitrogen and oxygen atoms in total. The molecule has 0 aliphatic rings. The van der Waals surface area contributed by atoms with Crippen molar-refractivity contribution in [2.45, 2.75) is 6.42 Å². The summed E-state index contributed by atoms with van der Waals surface area (Å²) in [5, 5.41) is 2.65. The number of nitrogen functional groups attached to an aromatic ring is 1. The first-order valence-corrected chi connectivity index (χ1v) is 7.43. The zero-order valence-electron chi connectivity index (χ0n) is 10.6. The van der Waals surface area contributed by atoms with E-state index in [1.165, 1.54) is 6.07 Å². The third kappa shape index (κ3) is 4.01. The first-order chi connectivity index (χ1) is 9.86. The van der Waals surface area contributed by atoms with E-state index in [0.29, 0.717) is 20.3 Å². The summed E-state index contributed by atoms with van der Waals surface area (Å²) in [5.74, 6) is -1.85. The van der Waals surface area contributed by atoms with Crippen LogP contribution in [-0.4, -0.2) is 5.91 Å². The predicted molar refractivity (Wildman–Crippen MR) is 84.9 cm³/mol. The fourth-order valence-electron chi connectivity index (χ4n) is 1.73. The third-order valence-electron chi connectivity index (χ3n) is 2.69. The van der Waals surface area contributed by atoms with Gasteiger partial charge in [0.05, 0.1) is 12.1 Å². The molecule has 7 heteroatoms. The zero-order chi connectivity index (χ0) is 15.6. The Morgan fingerprint density at radius 1 is 1.14 bits per heavy atom. The number of anilines is 2. The highest BCUT2D eigenvalue weighted by atomic mass is 79.9. The quantitative estimate of drug-likeness (QED) is 0.730. The van der Waals surface area contributed by atoms with Crippen molar-refractivity contribution in [3.05, 3.63) is 56.5 Å². The fourth-order valence-corrected chi connectivity index (χ4v) is 3.15. The Hall–Kier alpha value is -1.47. The standard InChI is InChI=1S/C14H10Br2F2N2O/c15-10-5-9(19)6-11(16)14(10)20-13(21)3-7-1-2-8(17)4-12(7)18/h1-2,4-6H,3,19H2,(H,20,21). The molecule has 1 amide bonds. The lowest BCUT2D eigenvalue weighted by molar-refractivity contribution is -0.115. The largest absolute Gasteiger partial charge is 0.399 e. The second-order valence-electron chi connectivity index (χ2n) is 4.32. The minimum atomic E-state index is -0.749. The molecule has 0 aliphatic carbocycles. The van der Waals surface area contributed by atoms with Gasteiger partial charge in [0.1, 0.15) is 11.6 Å². The normalized spacial score (nSPS) is 10.5. The molecule has 21 heavy (non-hydrogen) atoms. The van der Waals surface area contributed by atoms with Gasteiger partial charge in [-0.1, -0.05) is 6.07 Å². The van der Waals surface area contributed by atoms with Crippen molar-refractivity contribution in [1.82, 2.24) is 0 Å². The number of nitrogens with two attached hydrogens (primary N) is 1. The van der Waals surface area contributed by atoms with Crippen molar-refractivity contribution < 1.29 is 13.6 Å². The highest BCUT2D eigenvalue weighted by molar-refractivity contribution is 9.11. The van der Waals surface area contributed by atoms with Crippen LogP contribution in [-0.2, 0) is 11.2 Å². The maximum atomic E-state index is 13.5. The topological polar surface area (TPSA) is 55.1 Å². The van der Waals surface area contributed by atoms with E-state index in [1.54, 1.807) is 12.1 Å².